The first kappa shape index (κ1) is 12.5. The number of benzene rings is 1. The van der Waals surface area contributed by atoms with Crippen molar-refractivity contribution in [1.29, 1.82) is 0 Å². The fourth-order valence-electron chi connectivity index (χ4n) is 1.38. The van der Waals surface area contributed by atoms with Crippen LogP contribution in [-0.4, -0.2) is 6.61 Å². The van der Waals surface area contributed by atoms with Gasteiger partial charge >= 0.3 is 0 Å². The highest BCUT2D eigenvalue weighted by Gasteiger charge is 2.04. The van der Waals surface area contributed by atoms with Crippen LogP contribution in [0.3, 0.4) is 0 Å². The van der Waals surface area contributed by atoms with Crippen molar-refractivity contribution in [2.24, 2.45) is 5.92 Å². The topological polar surface area (TPSA) is 9.23 Å². The maximum absolute atomic E-state index is 12.9. The zero-order valence-electron chi connectivity index (χ0n) is 9.09. The molecule has 0 aromatic heterocycles. The highest BCUT2D eigenvalue weighted by Crippen LogP contribution is 2.22. The average molecular weight is 275 g/mol. The lowest BCUT2D eigenvalue weighted by atomic mass is 10.1. The molecule has 0 aliphatic heterocycles. The van der Waals surface area contributed by atoms with Crippen molar-refractivity contribution < 1.29 is 9.13 Å². The summed E-state index contributed by atoms with van der Waals surface area (Å²) in [6, 6.07) is 4.72. The van der Waals surface area contributed by atoms with Crippen molar-refractivity contribution in [2.75, 3.05) is 6.61 Å². The standard InChI is InChI=1S/C12H16BrFO/c1-3-4-9(2)8-15-10-5-6-12(14)11(13)7-10/h5-7,9H,3-4,8H2,1-2H3. The molecule has 0 radical (unpaired) electrons. The summed E-state index contributed by atoms with van der Waals surface area (Å²) in [6.07, 6.45) is 2.32. The van der Waals surface area contributed by atoms with Gasteiger partial charge in [-0.3, -0.25) is 0 Å². The van der Waals surface area contributed by atoms with Crippen LogP contribution >= 0.6 is 15.9 Å². The Bertz CT molecular complexity index is 314. The number of hydrogen-bond donors (Lipinski definition) is 0. The molecular weight excluding hydrogens is 259 g/mol. The molecule has 0 fully saturated rings. The van der Waals surface area contributed by atoms with Crippen LogP contribution in [0.25, 0.3) is 0 Å². The molecule has 0 aliphatic rings. The minimum absolute atomic E-state index is 0.260. The summed E-state index contributed by atoms with van der Waals surface area (Å²) in [5.41, 5.74) is 0. The normalized spacial score (nSPS) is 12.5. The van der Waals surface area contributed by atoms with Crippen LogP contribution in [0.4, 0.5) is 4.39 Å². The van der Waals surface area contributed by atoms with Gasteiger partial charge in [-0.15, -0.1) is 0 Å². The van der Waals surface area contributed by atoms with Crippen molar-refractivity contribution >= 4 is 15.9 Å². The average Bonchev–Trinajstić information content (AvgIpc) is 2.20. The summed E-state index contributed by atoms with van der Waals surface area (Å²) in [5, 5.41) is 0. The smallest absolute Gasteiger partial charge is 0.137 e. The number of rotatable bonds is 5. The van der Waals surface area contributed by atoms with Gasteiger partial charge in [0.25, 0.3) is 0 Å². The molecule has 0 bridgehead atoms. The highest BCUT2D eigenvalue weighted by atomic mass is 79.9. The Kier molecular flexibility index (Phi) is 5.09. The molecule has 0 spiro atoms. The van der Waals surface area contributed by atoms with E-state index in [0.717, 1.165) is 12.8 Å². The van der Waals surface area contributed by atoms with Crippen molar-refractivity contribution in [3.05, 3.63) is 28.5 Å². The summed E-state index contributed by atoms with van der Waals surface area (Å²) >= 11 is 3.13. The van der Waals surface area contributed by atoms with Gasteiger partial charge < -0.3 is 4.74 Å². The summed E-state index contributed by atoms with van der Waals surface area (Å²) in [5.74, 6) is 0.994. The van der Waals surface area contributed by atoms with Gasteiger partial charge in [0.2, 0.25) is 0 Å². The number of halogens is 2. The minimum Gasteiger partial charge on any atom is -0.493 e. The SMILES string of the molecule is CCCC(C)COc1ccc(F)c(Br)c1. The van der Waals surface area contributed by atoms with Crippen LogP contribution in [0.15, 0.2) is 22.7 Å². The largest absolute Gasteiger partial charge is 0.493 e. The van der Waals surface area contributed by atoms with Crippen LogP contribution in [0.1, 0.15) is 26.7 Å². The van der Waals surface area contributed by atoms with Gasteiger partial charge in [-0.1, -0.05) is 20.3 Å². The molecule has 0 amide bonds. The molecule has 0 saturated heterocycles. The third-order valence-corrected chi connectivity index (χ3v) is 2.81. The molecule has 1 atom stereocenters. The Morgan fingerprint density at radius 3 is 2.80 bits per heavy atom. The lowest BCUT2D eigenvalue weighted by molar-refractivity contribution is 0.251. The van der Waals surface area contributed by atoms with Crippen molar-refractivity contribution in [1.82, 2.24) is 0 Å². The van der Waals surface area contributed by atoms with Gasteiger partial charge in [0.15, 0.2) is 0 Å². The zero-order valence-corrected chi connectivity index (χ0v) is 10.7. The molecule has 1 aromatic carbocycles. The monoisotopic (exact) mass is 274 g/mol. The summed E-state index contributed by atoms with van der Waals surface area (Å²) in [4.78, 5) is 0. The van der Waals surface area contributed by atoms with E-state index in [1.807, 2.05) is 0 Å². The zero-order chi connectivity index (χ0) is 11.3. The van der Waals surface area contributed by atoms with Gasteiger partial charge in [0, 0.05) is 0 Å². The van der Waals surface area contributed by atoms with E-state index in [9.17, 15) is 4.39 Å². The molecule has 0 aliphatic carbocycles. The van der Waals surface area contributed by atoms with E-state index >= 15 is 0 Å². The molecular formula is C12H16BrFO. The molecule has 1 aromatic rings. The van der Waals surface area contributed by atoms with Crippen LogP contribution in [-0.2, 0) is 0 Å². The third kappa shape index (κ3) is 4.20. The molecule has 0 saturated carbocycles. The number of hydrogen-bond acceptors (Lipinski definition) is 1. The molecule has 0 N–H and O–H groups in total. The predicted octanol–water partition coefficient (Wildman–Crippen LogP) is 4.40. The maximum Gasteiger partial charge on any atom is 0.137 e. The second kappa shape index (κ2) is 6.11. The van der Waals surface area contributed by atoms with Gasteiger partial charge in [-0.05, 0) is 46.5 Å². The first-order valence-corrected chi connectivity index (χ1v) is 6.00. The quantitative estimate of drug-likeness (QED) is 0.773. The maximum atomic E-state index is 12.9. The van der Waals surface area contributed by atoms with Crippen LogP contribution in [0, 0.1) is 11.7 Å². The fraction of sp³-hybridized carbons (Fsp3) is 0.500. The Morgan fingerprint density at radius 1 is 1.47 bits per heavy atom. The summed E-state index contributed by atoms with van der Waals surface area (Å²) < 4.78 is 18.9. The minimum atomic E-state index is -0.260. The Balaban J connectivity index is 2.47. The van der Waals surface area contributed by atoms with Crippen molar-refractivity contribution in [3.8, 4) is 5.75 Å². The Morgan fingerprint density at radius 2 is 2.20 bits per heavy atom. The lowest BCUT2D eigenvalue weighted by Gasteiger charge is -2.12. The molecule has 3 heteroatoms. The van der Waals surface area contributed by atoms with Crippen LogP contribution in [0.5, 0.6) is 5.75 Å². The fourth-order valence-corrected chi connectivity index (χ4v) is 1.74. The Labute approximate surface area is 98.8 Å². The summed E-state index contributed by atoms with van der Waals surface area (Å²) in [6.45, 7) is 5.00. The third-order valence-electron chi connectivity index (χ3n) is 2.21. The van der Waals surface area contributed by atoms with Gasteiger partial charge in [0.1, 0.15) is 11.6 Å². The van der Waals surface area contributed by atoms with Crippen LogP contribution < -0.4 is 4.74 Å². The molecule has 15 heavy (non-hydrogen) atoms. The Hall–Kier alpha value is -0.570. The van der Waals surface area contributed by atoms with E-state index in [1.165, 1.54) is 6.07 Å². The lowest BCUT2D eigenvalue weighted by Crippen LogP contribution is -2.08. The number of ether oxygens (including phenoxy) is 1. The van der Waals surface area contributed by atoms with Gasteiger partial charge in [-0.2, -0.15) is 0 Å². The molecule has 1 unspecified atom stereocenters. The van der Waals surface area contributed by atoms with Crippen molar-refractivity contribution in [3.63, 3.8) is 0 Å². The molecule has 0 heterocycles. The van der Waals surface area contributed by atoms with Crippen LogP contribution in [0.2, 0.25) is 0 Å². The second-order valence-electron chi connectivity index (χ2n) is 3.78. The summed E-state index contributed by atoms with van der Waals surface area (Å²) in [7, 11) is 0. The van der Waals surface area contributed by atoms with E-state index in [4.69, 9.17) is 4.74 Å². The molecule has 1 rings (SSSR count). The van der Waals surface area contributed by atoms with E-state index < -0.39 is 0 Å². The van der Waals surface area contributed by atoms with E-state index in [0.29, 0.717) is 22.7 Å². The second-order valence-corrected chi connectivity index (χ2v) is 4.64. The van der Waals surface area contributed by atoms with Gasteiger partial charge in [-0.25, -0.2) is 4.39 Å². The molecule has 1 nitrogen and oxygen atoms in total. The van der Waals surface area contributed by atoms with Gasteiger partial charge in [0.05, 0.1) is 11.1 Å². The molecule has 84 valence electrons. The first-order chi connectivity index (χ1) is 7.13. The first-order valence-electron chi connectivity index (χ1n) is 5.21. The van der Waals surface area contributed by atoms with E-state index in [-0.39, 0.29) is 5.82 Å². The highest BCUT2D eigenvalue weighted by molar-refractivity contribution is 9.10. The van der Waals surface area contributed by atoms with Crippen molar-refractivity contribution in [2.45, 2.75) is 26.7 Å². The van der Waals surface area contributed by atoms with E-state index in [1.54, 1.807) is 12.1 Å². The predicted molar refractivity (Wildman–Crippen MR) is 63.7 cm³/mol. The van der Waals surface area contributed by atoms with E-state index in [2.05, 4.69) is 29.8 Å².